The maximum atomic E-state index is 6.00. The summed E-state index contributed by atoms with van der Waals surface area (Å²) < 4.78 is 0. The summed E-state index contributed by atoms with van der Waals surface area (Å²) in [5.74, 6) is 1.44. The van der Waals surface area contributed by atoms with Crippen LogP contribution in [-0.2, 0) is 0 Å². The van der Waals surface area contributed by atoms with Gasteiger partial charge >= 0.3 is 0 Å². The molecule has 118 valence electrons. The topological polar surface area (TPSA) is 41.0 Å². The first-order valence-corrected chi connectivity index (χ1v) is 8.05. The van der Waals surface area contributed by atoms with Gasteiger partial charge in [0.1, 0.15) is 16.8 Å². The molecule has 1 aromatic heterocycles. The van der Waals surface area contributed by atoms with Crippen LogP contribution >= 0.6 is 11.6 Å². The molecule has 1 aromatic carbocycles. The van der Waals surface area contributed by atoms with Crippen LogP contribution in [0, 0.1) is 6.92 Å². The smallest absolute Gasteiger partial charge is 0.134 e. The summed E-state index contributed by atoms with van der Waals surface area (Å²) in [4.78, 5) is 10.9. The largest absolute Gasteiger partial charge is 0.368 e. The second kappa shape index (κ2) is 8.11. The number of aryl methyl sites for hydroxylation is 1. The van der Waals surface area contributed by atoms with E-state index in [0.717, 1.165) is 25.5 Å². The molecule has 0 amide bonds. The minimum absolute atomic E-state index is 0.297. The Hall–Kier alpha value is -1.65. The Morgan fingerprint density at radius 1 is 1.14 bits per heavy atom. The molecule has 0 aliphatic heterocycles. The Morgan fingerprint density at radius 3 is 2.41 bits per heavy atom. The Balaban J connectivity index is 2.16. The number of benzene rings is 1. The summed E-state index contributed by atoms with van der Waals surface area (Å²) in [7, 11) is 0. The van der Waals surface area contributed by atoms with Gasteiger partial charge in [0.05, 0.1) is 6.04 Å². The van der Waals surface area contributed by atoms with Crippen molar-refractivity contribution < 1.29 is 0 Å². The van der Waals surface area contributed by atoms with E-state index in [2.05, 4.69) is 58.3 Å². The van der Waals surface area contributed by atoms with Gasteiger partial charge < -0.3 is 5.32 Å². The number of aromatic nitrogens is 2. The van der Waals surface area contributed by atoms with Crippen molar-refractivity contribution in [3.8, 4) is 0 Å². The molecule has 0 spiro atoms. The fourth-order valence-electron chi connectivity index (χ4n) is 2.62. The molecular formula is C17H23ClN4. The Morgan fingerprint density at radius 2 is 1.82 bits per heavy atom. The van der Waals surface area contributed by atoms with Crippen LogP contribution in [0.25, 0.3) is 0 Å². The molecule has 1 N–H and O–H groups in total. The maximum absolute atomic E-state index is 6.00. The normalized spacial score (nSPS) is 12.4. The van der Waals surface area contributed by atoms with Crippen LogP contribution in [0.2, 0.25) is 5.15 Å². The average molecular weight is 319 g/mol. The van der Waals surface area contributed by atoms with Gasteiger partial charge in [0.25, 0.3) is 0 Å². The van der Waals surface area contributed by atoms with Crippen molar-refractivity contribution in [2.75, 3.05) is 25.0 Å². The number of likely N-dealkylation sites (N-methyl/N-ethyl adjacent to an activating group) is 1. The van der Waals surface area contributed by atoms with E-state index in [1.165, 1.54) is 5.56 Å². The Bertz CT molecular complexity index is 564. The van der Waals surface area contributed by atoms with Crippen molar-refractivity contribution in [3.63, 3.8) is 0 Å². The summed E-state index contributed by atoms with van der Waals surface area (Å²) in [6, 6.07) is 12.6. The van der Waals surface area contributed by atoms with Crippen LogP contribution in [0.1, 0.15) is 31.3 Å². The van der Waals surface area contributed by atoms with Crippen molar-refractivity contribution >= 4 is 17.4 Å². The second-order valence-electron chi connectivity index (χ2n) is 5.15. The van der Waals surface area contributed by atoms with Crippen molar-refractivity contribution in [3.05, 3.63) is 52.9 Å². The van der Waals surface area contributed by atoms with E-state index in [9.17, 15) is 0 Å². The van der Waals surface area contributed by atoms with Crippen LogP contribution < -0.4 is 5.32 Å². The predicted molar refractivity (Wildman–Crippen MR) is 92.4 cm³/mol. The van der Waals surface area contributed by atoms with E-state index in [1.54, 1.807) is 6.07 Å². The lowest BCUT2D eigenvalue weighted by molar-refractivity contribution is 0.228. The van der Waals surface area contributed by atoms with Crippen LogP contribution in [0.5, 0.6) is 0 Å². The number of hydrogen-bond donors (Lipinski definition) is 1. The molecule has 1 heterocycles. The van der Waals surface area contributed by atoms with Crippen molar-refractivity contribution in [1.29, 1.82) is 0 Å². The zero-order valence-corrected chi connectivity index (χ0v) is 14.1. The number of nitrogens with zero attached hydrogens (tertiary/aromatic N) is 3. The second-order valence-corrected chi connectivity index (χ2v) is 5.54. The van der Waals surface area contributed by atoms with Gasteiger partial charge in [-0.2, -0.15) is 0 Å². The number of rotatable bonds is 7. The SMILES string of the molecule is CCN(CC)[C@@H](CNc1cc(Cl)nc(C)n1)c1ccccc1. The minimum atomic E-state index is 0.297. The molecule has 22 heavy (non-hydrogen) atoms. The average Bonchev–Trinajstić information content (AvgIpc) is 2.51. The molecule has 5 heteroatoms. The molecular weight excluding hydrogens is 296 g/mol. The van der Waals surface area contributed by atoms with E-state index in [0.29, 0.717) is 17.0 Å². The van der Waals surface area contributed by atoms with Crippen molar-refractivity contribution in [1.82, 2.24) is 14.9 Å². The molecule has 4 nitrogen and oxygen atoms in total. The zero-order valence-electron chi connectivity index (χ0n) is 13.4. The predicted octanol–water partition coefficient (Wildman–Crippen LogP) is 3.93. The summed E-state index contributed by atoms with van der Waals surface area (Å²) in [5.41, 5.74) is 1.30. The van der Waals surface area contributed by atoms with E-state index < -0.39 is 0 Å². The van der Waals surface area contributed by atoms with Gasteiger partial charge in [-0.1, -0.05) is 55.8 Å². The van der Waals surface area contributed by atoms with E-state index >= 15 is 0 Å². The van der Waals surface area contributed by atoms with E-state index in [4.69, 9.17) is 11.6 Å². The number of halogens is 1. The molecule has 0 saturated carbocycles. The van der Waals surface area contributed by atoms with Crippen LogP contribution in [0.15, 0.2) is 36.4 Å². The first kappa shape index (κ1) is 16.7. The standard InChI is InChI=1S/C17H23ClN4/c1-4-22(5-2)15(14-9-7-6-8-10-14)12-19-17-11-16(18)20-13(3)21-17/h6-11,15H,4-5,12H2,1-3H3,(H,19,20,21)/t15-/m0/s1. The molecule has 0 unspecified atom stereocenters. The van der Waals surface area contributed by atoms with Gasteiger partial charge in [0.15, 0.2) is 0 Å². The third kappa shape index (κ3) is 4.42. The van der Waals surface area contributed by atoms with Gasteiger partial charge in [0.2, 0.25) is 0 Å². The molecule has 2 aromatic rings. The van der Waals surface area contributed by atoms with Crippen LogP contribution in [0.4, 0.5) is 5.82 Å². The highest BCUT2D eigenvalue weighted by Gasteiger charge is 2.17. The fraction of sp³-hybridized carbons (Fsp3) is 0.412. The monoisotopic (exact) mass is 318 g/mol. The Labute approximate surface area is 137 Å². The highest BCUT2D eigenvalue weighted by molar-refractivity contribution is 6.29. The molecule has 0 aliphatic rings. The highest BCUT2D eigenvalue weighted by atomic mass is 35.5. The third-order valence-corrected chi connectivity index (χ3v) is 3.91. The number of nitrogens with one attached hydrogen (secondary N) is 1. The molecule has 0 fully saturated rings. The number of anilines is 1. The maximum Gasteiger partial charge on any atom is 0.134 e. The summed E-state index contributed by atoms with van der Waals surface area (Å²) in [5, 5.41) is 3.86. The summed E-state index contributed by atoms with van der Waals surface area (Å²) in [6.45, 7) is 8.99. The van der Waals surface area contributed by atoms with Crippen molar-refractivity contribution in [2.24, 2.45) is 0 Å². The fourth-order valence-corrected chi connectivity index (χ4v) is 2.85. The van der Waals surface area contributed by atoms with Gasteiger partial charge in [-0.15, -0.1) is 0 Å². The quantitative estimate of drug-likeness (QED) is 0.785. The van der Waals surface area contributed by atoms with E-state index in [1.807, 2.05) is 13.0 Å². The summed E-state index contributed by atoms with van der Waals surface area (Å²) >= 11 is 6.00. The van der Waals surface area contributed by atoms with Crippen molar-refractivity contribution in [2.45, 2.75) is 26.8 Å². The van der Waals surface area contributed by atoms with Gasteiger partial charge in [-0.25, -0.2) is 9.97 Å². The Kier molecular flexibility index (Phi) is 6.16. The molecule has 0 saturated heterocycles. The lowest BCUT2D eigenvalue weighted by Crippen LogP contribution is -2.33. The first-order chi connectivity index (χ1) is 10.6. The van der Waals surface area contributed by atoms with Gasteiger partial charge in [-0.05, 0) is 25.6 Å². The highest BCUT2D eigenvalue weighted by Crippen LogP contribution is 2.21. The molecule has 2 rings (SSSR count). The molecule has 0 bridgehead atoms. The zero-order chi connectivity index (χ0) is 15.9. The minimum Gasteiger partial charge on any atom is -0.368 e. The summed E-state index contributed by atoms with van der Waals surface area (Å²) in [6.07, 6.45) is 0. The first-order valence-electron chi connectivity index (χ1n) is 7.68. The van der Waals surface area contributed by atoms with Gasteiger partial charge in [0, 0.05) is 12.6 Å². The van der Waals surface area contributed by atoms with Crippen LogP contribution in [-0.4, -0.2) is 34.5 Å². The lowest BCUT2D eigenvalue weighted by atomic mass is 10.1. The molecule has 1 atom stereocenters. The number of hydrogen-bond acceptors (Lipinski definition) is 4. The van der Waals surface area contributed by atoms with Gasteiger partial charge in [-0.3, -0.25) is 4.90 Å². The molecule has 0 radical (unpaired) electrons. The van der Waals surface area contributed by atoms with Crippen LogP contribution in [0.3, 0.4) is 0 Å². The third-order valence-electron chi connectivity index (χ3n) is 3.72. The van der Waals surface area contributed by atoms with E-state index in [-0.39, 0.29) is 0 Å². The lowest BCUT2D eigenvalue weighted by Gasteiger charge is -2.30. The molecule has 0 aliphatic carbocycles.